The molecule has 2 atom stereocenters. The van der Waals surface area contributed by atoms with Crippen molar-refractivity contribution >= 4 is 11.8 Å². The lowest BCUT2D eigenvalue weighted by molar-refractivity contribution is -0.137. The number of hydrogen-bond acceptors (Lipinski definition) is 6. The third kappa shape index (κ3) is 4.55. The fraction of sp³-hybridized carbons (Fsp3) is 0.522. The molecule has 5 rings (SSSR count). The van der Waals surface area contributed by atoms with E-state index >= 15 is 0 Å². The molecule has 1 saturated heterocycles. The number of hydrogen-bond donors (Lipinski definition) is 0. The number of likely N-dealkylation sites (tertiary alicyclic amines) is 1. The first-order chi connectivity index (χ1) is 15.7. The van der Waals surface area contributed by atoms with E-state index < -0.39 is 11.7 Å². The minimum atomic E-state index is -4.27. The summed E-state index contributed by atoms with van der Waals surface area (Å²) < 4.78 is 45.7. The van der Waals surface area contributed by atoms with E-state index in [9.17, 15) is 13.2 Å². The summed E-state index contributed by atoms with van der Waals surface area (Å²) in [7, 11) is 1.92. The lowest BCUT2D eigenvalue weighted by Crippen LogP contribution is -2.23. The molecule has 3 aromatic rings. The Morgan fingerprint density at radius 1 is 1.21 bits per heavy atom. The highest BCUT2D eigenvalue weighted by Crippen LogP contribution is 2.64. The van der Waals surface area contributed by atoms with Crippen molar-refractivity contribution in [3.05, 3.63) is 47.2 Å². The normalized spacial score (nSPS) is 23.0. The van der Waals surface area contributed by atoms with Crippen molar-refractivity contribution in [2.24, 2.45) is 12.5 Å². The van der Waals surface area contributed by atoms with Crippen LogP contribution in [0.15, 0.2) is 40.0 Å². The van der Waals surface area contributed by atoms with Crippen molar-refractivity contribution in [2.45, 2.75) is 43.4 Å². The summed E-state index contributed by atoms with van der Waals surface area (Å²) in [5, 5.41) is 13.2. The summed E-state index contributed by atoms with van der Waals surface area (Å²) in [6, 6.07) is 7.60. The predicted molar refractivity (Wildman–Crippen MR) is 119 cm³/mol. The lowest BCUT2D eigenvalue weighted by atomic mass is 9.97. The van der Waals surface area contributed by atoms with Crippen LogP contribution in [0.5, 0.6) is 0 Å². The van der Waals surface area contributed by atoms with E-state index in [4.69, 9.17) is 4.52 Å². The Kier molecular flexibility index (Phi) is 5.76. The molecule has 1 aliphatic heterocycles. The smallest absolute Gasteiger partial charge is 0.353 e. The van der Waals surface area contributed by atoms with Gasteiger partial charge in [0.15, 0.2) is 5.16 Å². The second-order valence-electron chi connectivity index (χ2n) is 9.16. The van der Waals surface area contributed by atoms with Gasteiger partial charge in [-0.1, -0.05) is 29.1 Å². The summed E-state index contributed by atoms with van der Waals surface area (Å²) in [6.45, 7) is 4.97. The zero-order chi connectivity index (χ0) is 23.2. The third-order valence-electron chi connectivity index (χ3n) is 6.83. The van der Waals surface area contributed by atoms with Crippen LogP contribution < -0.4 is 0 Å². The topological polar surface area (TPSA) is 60.0 Å². The number of thioether (sulfide) groups is 1. The van der Waals surface area contributed by atoms with Gasteiger partial charge >= 0.3 is 6.18 Å². The molecular weight excluding hydrogens is 451 g/mol. The molecule has 0 unspecified atom stereocenters. The van der Waals surface area contributed by atoms with E-state index in [0.717, 1.165) is 61.1 Å². The SMILES string of the molecule is Cc1cc(-c2nnc(SCCCN3CC[C@]4(C[C@H]4c4ccc(C(F)(F)F)cc4)C3)n2C)on1. The molecule has 0 N–H and O–H groups in total. The number of aromatic nitrogens is 4. The molecule has 2 aliphatic rings. The summed E-state index contributed by atoms with van der Waals surface area (Å²) in [4.78, 5) is 2.49. The average molecular weight is 478 g/mol. The van der Waals surface area contributed by atoms with Gasteiger partial charge in [-0.25, -0.2) is 0 Å². The Morgan fingerprint density at radius 2 is 2.00 bits per heavy atom. The minimum absolute atomic E-state index is 0.251. The lowest BCUT2D eigenvalue weighted by Gasteiger charge is -2.16. The number of halogens is 3. The zero-order valence-electron chi connectivity index (χ0n) is 18.6. The highest BCUT2D eigenvalue weighted by atomic mass is 32.2. The standard InChI is InChI=1S/C23H26F3N5OS/c1-15-12-19(32-29-15)20-27-28-21(30(20)2)33-11-3-9-31-10-8-22(14-31)13-18(22)16-4-6-17(7-5-16)23(24,25)26/h4-7,12,18H,3,8-11,13-14H2,1-2H3/t18-,22-/m0/s1. The molecule has 3 heterocycles. The molecule has 33 heavy (non-hydrogen) atoms. The van der Waals surface area contributed by atoms with Gasteiger partial charge in [-0.05, 0) is 68.3 Å². The van der Waals surface area contributed by atoms with Gasteiger partial charge in [-0.3, -0.25) is 0 Å². The maximum Gasteiger partial charge on any atom is 0.416 e. The Hall–Kier alpha value is -2.33. The molecule has 10 heteroatoms. The van der Waals surface area contributed by atoms with E-state index in [1.165, 1.54) is 12.1 Å². The largest absolute Gasteiger partial charge is 0.416 e. The van der Waals surface area contributed by atoms with Crippen LogP contribution in [-0.4, -0.2) is 50.2 Å². The fourth-order valence-corrected chi connectivity index (χ4v) is 5.76. The van der Waals surface area contributed by atoms with Gasteiger partial charge in [0.25, 0.3) is 0 Å². The Bertz CT molecular complexity index is 1130. The Morgan fingerprint density at radius 3 is 2.70 bits per heavy atom. The van der Waals surface area contributed by atoms with Crippen LogP contribution in [0.25, 0.3) is 11.6 Å². The van der Waals surface area contributed by atoms with Gasteiger partial charge in [-0.2, -0.15) is 13.2 Å². The van der Waals surface area contributed by atoms with Crippen molar-refractivity contribution in [2.75, 3.05) is 25.4 Å². The maximum absolute atomic E-state index is 12.8. The quantitative estimate of drug-likeness (QED) is 0.346. The second kappa shape index (κ2) is 8.47. The first kappa shape index (κ1) is 22.5. The van der Waals surface area contributed by atoms with Gasteiger partial charge < -0.3 is 14.0 Å². The van der Waals surface area contributed by atoms with Crippen LogP contribution in [0.4, 0.5) is 13.2 Å². The number of aryl methyl sites for hydroxylation is 1. The van der Waals surface area contributed by atoms with E-state index in [1.54, 1.807) is 23.9 Å². The molecule has 0 bridgehead atoms. The summed E-state index contributed by atoms with van der Waals surface area (Å²) >= 11 is 1.68. The number of rotatable bonds is 7. The van der Waals surface area contributed by atoms with Crippen molar-refractivity contribution in [1.82, 2.24) is 24.8 Å². The molecule has 0 amide bonds. The Balaban J connectivity index is 1.09. The molecule has 1 saturated carbocycles. The van der Waals surface area contributed by atoms with E-state index in [0.29, 0.717) is 17.5 Å². The highest BCUT2D eigenvalue weighted by molar-refractivity contribution is 7.99. The van der Waals surface area contributed by atoms with Crippen LogP contribution in [0.2, 0.25) is 0 Å². The summed E-state index contributed by atoms with van der Waals surface area (Å²) in [5.74, 6) is 2.61. The second-order valence-corrected chi connectivity index (χ2v) is 10.2. The van der Waals surface area contributed by atoms with Crippen LogP contribution in [0.3, 0.4) is 0 Å². The first-order valence-electron chi connectivity index (χ1n) is 11.1. The maximum atomic E-state index is 12.8. The van der Waals surface area contributed by atoms with Crippen LogP contribution in [-0.2, 0) is 13.2 Å². The monoisotopic (exact) mass is 477 g/mol. The minimum Gasteiger partial charge on any atom is -0.353 e. The molecule has 2 aromatic heterocycles. The molecule has 1 aromatic carbocycles. The summed E-state index contributed by atoms with van der Waals surface area (Å²) in [6.07, 6.45) is -1.04. The van der Waals surface area contributed by atoms with Gasteiger partial charge in [0.2, 0.25) is 11.6 Å². The van der Waals surface area contributed by atoms with Gasteiger partial charge in [0.1, 0.15) is 0 Å². The number of benzene rings is 1. The molecule has 0 radical (unpaired) electrons. The predicted octanol–water partition coefficient (Wildman–Crippen LogP) is 5.16. The van der Waals surface area contributed by atoms with E-state index in [2.05, 4.69) is 20.3 Å². The molecular formula is C23H26F3N5OS. The molecule has 1 spiro atoms. The summed E-state index contributed by atoms with van der Waals surface area (Å²) in [5.41, 5.74) is 1.53. The van der Waals surface area contributed by atoms with Gasteiger partial charge in [0, 0.05) is 25.4 Å². The molecule has 176 valence electrons. The highest BCUT2D eigenvalue weighted by Gasteiger charge is 2.57. The van der Waals surface area contributed by atoms with Crippen LogP contribution in [0, 0.1) is 12.3 Å². The average Bonchev–Trinajstić information content (AvgIpc) is 3.06. The van der Waals surface area contributed by atoms with Crippen molar-refractivity contribution in [1.29, 1.82) is 0 Å². The van der Waals surface area contributed by atoms with E-state index in [1.807, 2.05) is 24.6 Å². The zero-order valence-corrected chi connectivity index (χ0v) is 19.4. The molecule has 1 aliphatic carbocycles. The van der Waals surface area contributed by atoms with Crippen molar-refractivity contribution in [3.8, 4) is 11.6 Å². The van der Waals surface area contributed by atoms with Gasteiger partial charge in [0.05, 0.1) is 11.3 Å². The van der Waals surface area contributed by atoms with Crippen molar-refractivity contribution < 1.29 is 17.7 Å². The van der Waals surface area contributed by atoms with Crippen molar-refractivity contribution in [3.63, 3.8) is 0 Å². The van der Waals surface area contributed by atoms with Crippen LogP contribution in [0.1, 0.15) is 42.0 Å². The Labute approximate surface area is 194 Å². The third-order valence-corrected chi connectivity index (χ3v) is 7.93. The first-order valence-corrected chi connectivity index (χ1v) is 12.1. The molecule has 6 nitrogen and oxygen atoms in total. The fourth-order valence-electron chi connectivity index (χ4n) is 4.93. The number of nitrogens with zero attached hydrogens (tertiary/aromatic N) is 5. The van der Waals surface area contributed by atoms with E-state index in [-0.39, 0.29) is 5.41 Å². The van der Waals surface area contributed by atoms with Gasteiger partial charge in [-0.15, -0.1) is 10.2 Å². The number of alkyl halides is 3. The molecule has 2 fully saturated rings. The van der Waals surface area contributed by atoms with Crippen LogP contribution >= 0.6 is 11.8 Å².